The number of nitrogens with one attached hydrogen (secondary N) is 2. The number of amides is 3. The molecule has 1 aromatic heterocycles. The smallest absolute Gasteiger partial charge is 0.475 e. The van der Waals surface area contributed by atoms with Gasteiger partial charge in [-0.05, 0) is 41.7 Å². The predicted molar refractivity (Wildman–Crippen MR) is 179 cm³/mol. The van der Waals surface area contributed by atoms with Gasteiger partial charge in [-0.2, -0.15) is 13.2 Å². The van der Waals surface area contributed by atoms with E-state index < -0.39 is 59.7 Å². The largest absolute Gasteiger partial charge is 0.490 e. The van der Waals surface area contributed by atoms with Crippen molar-refractivity contribution in [2.45, 2.75) is 65.3 Å². The van der Waals surface area contributed by atoms with E-state index >= 15 is 0 Å². The lowest BCUT2D eigenvalue weighted by Crippen LogP contribution is -2.48. The van der Waals surface area contributed by atoms with Gasteiger partial charge in [0.05, 0.1) is 12.1 Å². The summed E-state index contributed by atoms with van der Waals surface area (Å²) in [6, 6.07) is 13.0. The number of alkyl halides is 3. The van der Waals surface area contributed by atoms with Crippen molar-refractivity contribution in [2.24, 2.45) is 11.1 Å². The monoisotopic (exact) mass is 725 g/mol. The van der Waals surface area contributed by atoms with Crippen molar-refractivity contribution in [2.75, 3.05) is 26.2 Å². The third-order valence-electron chi connectivity index (χ3n) is 7.56. The van der Waals surface area contributed by atoms with E-state index in [4.69, 9.17) is 15.6 Å². The molecule has 3 rings (SSSR count). The second-order valence-corrected chi connectivity index (χ2v) is 12.6. The van der Waals surface area contributed by atoms with Crippen LogP contribution in [-0.2, 0) is 25.7 Å². The number of halogens is 5. The van der Waals surface area contributed by atoms with Crippen LogP contribution in [0.2, 0.25) is 0 Å². The summed E-state index contributed by atoms with van der Waals surface area (Å²) in [4.78, 5) is 47.7. The number of carboxylic acid groups (broad SMARTS) is 1. The lowest BCUT2D eigenvalue weighted by Gasteiger charge is -2.41. The molecule has 1 heterocycles. The topological polar surface area (TPSA) is 167 Å². The maximum absolute atomic E-state index is 14.9. The summed E-state index contributed by atoms with van der Waals surface area (Å²) >= 11 is 0. The van der Waals surface area contributed by atoms with Gasteiger partial charge in [-0.15, -0.1) is 0 Å². The van der Waals surface area contributed by atoms with E-state index in [1.807, 2.05) is 55.7 Å². The molecule has 0 aliphatic heterocycles. The Labute approximate surface area is 292 Å². The fraction of sp³-hybridized carbons (Fsp3) is 0.429. The highest BCUT2D eigenvalue weighted by molar-refractivity contribution is 5.82. The van der Waals surface area contributed by atoms with E-state index in [0.29, 0.717) is 24.2 Å². The van der Waals surface area contributed by atoms with Crippen molar-refractivity contribution in [1.29, 1.82) is 0 Å². The van der Waals surface area contributed by atoms with Gasteiger partial charge in [-0.1, -0.05) is 58.0 Å². The van der Waals surface area contributed by atoms with Gasteiger partial charge in [-0.3, -0.25) is 14.4 Å². The first-order chi connectivity index (χ1) is 23.8. The Hall–Kier alpha value is -4.83. The fourth-order valence-electron chi connectivity index (χ4n) is 5.15. The van der Waals surface area contributed by atoms with E-state index in [-0.39, 0.29) is 37.5 Å². The van der Waals surface area contributed by atoms with Crippen LogP contribution in [-0.4, -0.2) is 81.8 Å². The van der Waals surface area contributed by atoms with Crippen LogP contribution in [0.4, 0.5) is 22.0 Å². The summed E-state index contributed by atoms with van der Waals surface area (Å²) in [5.41, 5.74) is 7.70. The van der Waals surface area contributed by atoms with Gasteiger partial charge in [0.2, 0.25) is 17.7 Å². The number of nitrogens with two attached hydrogens (primary N) is 1. The second-order valence-electron chi connectivity index (χ2n) is 12.6. The van der Waals surface area contributed by atoms with Crippen LogP contribution in [0.15, 0.2) is 60.8 Å². The van der Waals surface area contributed by atoms with Gasteiger partial charge in [-0.25, -0.2) is 13.6 Å². The maximum Gasteiger partial charge on any atom is 0.490 e. The molecule has 0 aliphatic carbocycles. The Bertz CT molecular complexity index is 1630. The Morgan fingerprint density at radius 2 is 1.57 bits per heavy atom. The first kappa shape index (κ1) is 42.3. The molecule has 0 saturated carbocycles. The van der Waals surface area contributed by atoms with Crippen molar-refractivity contribution in [3.63, 3.8) is 0 Å². The molecule has 51 heavy (non-hydrogen) atoms. The highest BCUT2D eigenvalue weighted by Gasteiger charge is 2.39. The van der Waals surface area contributed by atoms with Crippen molar-refractivity contribution in [3.05, 3.63) is 83.7 Å². The van der Waals surface area contributed by atoms with Gasteiger partial charge in [0, 0.05) is 55.6 Å². The number of aliphatic hydroxyl groups is 1. The molecular formula is C35H44F5N5O6. The van der Waals surface area contributed by atoms with Crippen LogP contribution < -0.4 is 16.4 Å². The van der Waals surface area contributed by atoms with Crippen molar-refractivity contribution < 1.29 is 51.3 Å². The van der Waals surface area contributed by atoms with Crippen molar-refractivity contribution in [3.8, 4) is 11.1 Å². The lowest BCUT2D eigenvalue weighted by atomic mass is 9.82. The van der Waals surface area contributed by atoms with Gasteiger partial charge >= 0.3 is 12.1 Å². The van der Waals surface area contributed by atoms with Crippen molar-refractivity contribution >= 4 is 23.7 Å². The highest BCUT2D eigenvalue weighted by atomic mass is 19.4. The molecule has 280 valence electrons. The van der Waals surface area contributed by atoms with E-state index in [9.17, 15) is 41.4 Å². The van der Waals surface area contributed by atoms with E-state index in [0.717, 1.165) is 23.8 Å². The van der Waals surface area contributed by atoms with Crippen LogP contribution in [0.25, 0.3) is 11.1 Å². The zero-order valence-corrected chi connectivity index (χ0v) is 28.8. The average molecular weight is 726 g/mol. The Morgan fingerprint density at radius 1 is 0.961 bits per heavy atom. The lowest BCUT2D eigenvalue weighted by molar-refractivity contribution is -0.192. The Morgan fingerprint density at radius 3 is 2.12 bits per heavy atom. The summed E-state index contributed by atoms with van der Waals surface area (Å²) in [6.45, 7) is 7.68. The Kier molecular flexibility index (Phi) is 15.7. The predicted octanol–water partition coefficient (Wildman–Crippen LogP) is 4.38. The molecule has 0 radical (unpaired) electrons. The third-order valence-corrected chi connectivity index (χ3v) is 7.56. The molecule has 0 aliphatic rings. The first-order valence-electron chi connectivity index (χ1n) is 16.0. The van der Waals surface area contributed by atoms with Crippen molar-refractivity contribution in [1.82, 2.24) is 20.1 Å². The molecule has 6 N–H and O–H groups in total. The quantitative estimate of drug-likeness (QED) is 0.122. The van der Waals surface area contributed by atoms with Crippen LogP contribution in [0, 0.1) is 17.0 Å². The number of carbonyl (C=O) groups is 4. The fourth-order valence-corrected chi connectivity index (χ4v) is 5.15. The van der Waals surface area contributed by atoms with Gasteiger partial charge in [0.25, 0.3) is 0 Å². The number of aliphatic carboxylic acids is 1. The van der Waals surface area contributed by atoms with Gasteiger partial charge in [0.1, 0.15) is 18.2 Å². The molecule has 3 aromatic rings. The molecule has 11 nitrogen and oxygen atoms in total. The minimum atomic E-state index is -5.08. The summed E-state index contributed by atoms with van der Waals surface area (Å²) < 4.78 is 62.7. The molecule has 16 heteroatoms. The number of rotatable bonds is 14. The second kappa shape index (κ2) is 19.0. The molecule has 3 amide bonds. The molecule has 2 aromatic carbocycles. The minimum Gasteiger partial charge on any atom is -0.475 e. The van der Waals surface area contributed by atoms with Crippen LogP contribution >= 0.6 is 0 Å². The summed E-state index contributed by atoms with van der Waals surface area (Å²) in [6.07, 6.45) is -2.92. The maximum atomic E-state index is 14.9. The van der Waals surface area contributed by atoms with Gasteiger partial charge < -0.3 is 36.0 Å². The number of aliphatic hydroxyl groups excluding tert-OH is 1. The number of hydrogen-bond donors (Lipinski definition) is 5. The molecule has 2 unspecified atom stereocenters. The third kappa shape index (κ3) is 13.1. The number of carboxylic acids is 1. The summed E-state index contributed by atoms with van der Waals surface area (Å²) in [5.74, 6) is -5.05. The normalized spacial score (nSPS) is 12.6. The highest BCUT2D eigenvalue weighted by Crippen LogP contribution is 2.41. The minimum absolute atomic E-state index is 0.0443. The molecule has 0 bridgehead atoms. The first-order valence-corrected chi connectivity index (χ1v) is 16.0. The zero-order valence-electron chi connectivity index (χ0n) is 28.8. The van der Waals surface area contributed by atoms with Gasteiger partial charge in [0.15, 0.2) is 0 Å². The molecular weight excluding hydrogens is 681 g/mol. The molecule has 2 atom stereocenters. The number of carbonyl (C=O) groups excluding carboxylic acids is 3. The standard InChI is InChI=1S/C33H43F2N5O4.C2HF3O2/c1-5-29(42)37-14-15-38-32(44)27(36)13-16-40(30(43)21-41)31(33(2,3)4)28-17-23(25-18-24(34)11-12-26(25)35)20-39(28)19-22-9-7-6-8-10-22;3-2(4,5)1(6)7/h6-12,17-18,20,27,31,41H,5,13-16,19,21,36H2,1-4H3,(H,37,42)(H,38,44);(H,6,7). The summed E-state index contributed by atoms with van der Waals surface area (Å²) in [5, 5.41) is 22.5. The average Bonchev–Trinajstić information content (AvgIpc) is 3.46. The molecule has 0 fully saturated rings. The van der Waals surface area contributed by atoms with E-state index in [1.165, 1.54) is 4.90 Å². The molecule has 0 spiro atoms. The Balaban J connectivity index is 0.00000116. The number of hydrogen-bond acceptors (Lipinski definition) is 6. The van der Waals surface area contributed by atoms with E-state index in [2.05, 4.69) is 10.6 Å². The van der Waals surface area contributed by atoms with Crippen LogP contribution in [0.1, 0.15) is 57.8 Å². The number of nitrogens with zero attached hydrogens (tertiary/aromatic N) is 2. The van der Waals surface area contributed by atoms with Crippen LogP contribution in [0.3, 0.4) is 0 Å². The SMILES string of the molecule is CCC(=O)NCCNC(=O)C(N)CCN(C(=O)CO)C(c1cc(-c2cc(F)ccc2F)cn1Cc1ccccc1)C(C)(C)C.O=C(O)C(F)(F)F. The summed E-state index contributed by atoms with van der Waals surface area (Å²) in [7, 11) is 0. The molecule has 0 saturated heterocycles. The van der Waals surface area contributed by atoms with E-state index in [1.54, 1.807) is 19.2 Å². The number of aromatic nitrogens is 1. The number of benzene rings is 2. The van der Waals surface area contributed by atoms with Crippen LogP contribution in [0.5, 0.6) is 0 Å². The zero-order chi connectivity index (χ0) is 38.5.